The molecule has 0 spiro atoms. The standard InChI is InChI=1S/C25H27N5OS2/c1-25(2,3)19-13-11-18(12-14-19)23-28-29-24(30(23)26)33-16-21(31)27-22(20-10-7-15-32-20)17-8-5-4-6-9-17/h4-15,22H,16,26H2,1-3H3,(H,27,31). The maximum Gasteiger partial charge on any atom is 0.231 e. The average Bonchev–Trinajstić information content (AvgIpc) is 3.46. The Morgan fingerprint density at radius 2 is 1.79 bits per heavy atom. The summed E-state index contributed by atoms with van der Waals surface area (Å²) >= 11 is 2.89. The number of nitrogen functional groups attached to an aromatic ring is 1. The summed E-state index contributed by atoms with van der Waals surface area (Å²) in [5, 5.41) is 14.1. The summed E-state index contributed by atoms with van der Waals surface area (Å²) in [4.78, 5) is 13.9. The second-order valence-electron chi connectivity index (χ2n) is 8.72. The molecule has 4 rings (SSSR count). The third-order valence-electron chi connectivity index (χ3n) is 5.27. The number of nitrogens with one attached hydrogen (secondary N) is 1. The molecule has 1 amide bonds. The number of nitrogens with two attached hydrogens (primary N) is 1. The summed E-state index contributed by atoms with van der Waals surface area (Å²) in [6.07, 6.45) is 0. The second kappa shape index (κ2) is 9.80. The van der Waals surface area contributed by atoms with Gasteiger partial charge in [-0.1, -0.05) is 93.2 Å². The van der Waals surface area contributed by atoms with Gasteiger partial charge in [-0.15, -0.1) is 21.5 Å². The first kappa shape index (κ1) is 23.1. The maximum absolute atomic E-state index is 12.8. The molecule has 4 aromatic rings. The molecule has 0 radical (unpaired) electrons. The van der Waals surface area contributed by atoms with Gasteiger partial charge in [0.2, 0.25) is 11.1 Å². The molecule has 0 aliphatic carbocycles. The first-order valence-corrected chi connectivity index (χ1v) is 12.5. The van der Waals surface area contributed by atoms with Gasteiger partial charge < -0.3 is 11.2 Å². The Hall–Kier alpha value is -3.10. The average molecular weight is 478 g/mol. The number of thioether (sulfide) groups is 1. The van der Waals surface area contributed by atoms with Gasteiger partial charge in [-0.3, -0.25) is 4.79 Å². The van der Waals surface area contributed by atoms with Crippen LogP contribution in [-0.4, -0.2) is 26.5 Å². The van der Waals surface area contributed by atoms with Crippen LogP contribution < -0.4 is 11.2 Å². The van der Waals surface area contributed by atoms with Crippen molar-refractivity contribution in [2.75, 3.05) is 11.6 Å². The van der Waals surface area contributed by atoms with Crippen LogP contribution in [0.25, 0.3) is 11.4 Å². The second-order valence-corrected chi connectivity index (χ2v) is 10.6. The van der Waals surface area contributed by atoms with Crippen LogP contribution >= 0.6 is 23.1 Å². The summed E-state index contributed by atoms with van der Waals surface area (Å²) in [6.45, 7) is 6.52. The summed E-state index contributed by atoms with van der Waals surface area (Å²) in [7, 11) is 0. The Balaban J connectivity index is 1.43. The molecule has 8 heteroatoms. The largest absolute Gasteiger partial charge is 0.344 e. The van der Waals surface area contributed by atoms with Gasteiger partial charge in [-0.05, 0) is 28.0 Å². The van der Waals surface area contributed by atoms with Crippen LogP contribution in [0.2, 0.25) is 0 Å². The fourth-order valence-corrected chi connectivity index (χ4v) is 4.91. The minimum Gasteiger partial charge on any atom is -0.344 e. The summed E-state index contributed by atoms with van der Waals surface area (Å²) < 4.78 is 1.44. The fourth-order valence-electron chi connectivity index (χ4n) is 3.44. The normalized spacial score (nSPS) is 12.5. The van der Waals surface area contributed by atoms with Crippen LogP contribution in [0.1, 0.15) is 42.8 Å². The van der Waals surface area contributed by atoms with E-state index in [4.69, 9.17) is 5.84 Å². The zero-order chi connectivity index (χ0) is 23.4. The minimum absolute atomic E-state index is 0.0734. The third-order valence-corrected chi connectivity index (χ3v) is 7.15. The number of benzene rings is 2. The summed E-state index contributed by atoms with van der Waals surface area (Å²) in [6, 6.07) is 22.0. The van der Waals surface area contributed by atoms with Gasteiger partial charge >= 0.3 is 0 Å². The van der Waals surface area contributed by atoms with E-state index in [1.165, 1.54) is 22.0 Å². The van der Waals surface area contributed by atoms with Crippen molar-refractivity contribution in [3.63, 3.8) is 0 Å². The Morgan fingerprint density at radius 3 is 2.42 bits per heavy atom. The van der Waals surface area contributed by atoms with Crippen LogP contribution in [-0.2, 0) is 10.2 Å². The number of carbonyl (C=O) groups is 1. The van der Waals surface area contributed by atoms with Gasteiger partial charge in [-0.2, -0.15) is 0 Å². The molecule has 0 bridgehead atoms. The highest BCUT2D eigenvalue weighted by molar-refractivity contribution is 7.99. The molecule has 2 aromatic carbocycles. The molecule has 0 saturated heterocycles. The van der Waals surface area contributed by atoms with Crippen molar-refractivity contribution in [3.05, 3.63) is 88.1 Å². The molecule has 0 saturated carbocycles. The quantitative estimate of drug-likeness (QED) is 0.288. The summed E-state index contributed by atoms with van der Waals surface area (Å²) in [5.41, 5.74) is 3.24. The van der Waals surface area contributed by atoms with Crippen molar-refractivity contribution in [2.24, 2.45) is 0 Å². The molecule has 0 fully saturated rings. The molecule has 3 N–H and O–H groups in total. The third kappa shape index (κ3) is 5.46. The van der Waals surface area contributed by atoms with Crippen LogP contribution in [0, 0.1) is 0 Å². The van der Waals surface area contributed by atoms with E-state index in [1.54, 1.807) is 11.3 Å². The van der Waals surface area contributed by atoms with Crippen molar-refractivity contribution in [1.29, 1.82) is 0 Å². The molecule has 1 unspecified atom stereocenters. The van der Waals surface area contributed by atoms with E-state index in [1.807, 2.05) is 60.0 Å². The molecule has 33 heavy (non-hydrogen) atoms. The van der Waals surface area contributed by atoms with E-state index in [0.717, 1.165) is 16.0 Å². The van der Waals surface area contributed by atoms with E-state index < -0.39 is 0 Å². The highest BCUT2D eigenvalue weighted by atomic mass is 32.2. The number of nitrogens with zero attached hydrogens (tertiary/aromatic N) is 3. The van der Waals surface area contributed by atoms with Crippen LogP contribution in [0.3, 0.4) is 0 Å². The molecule has 6 nitrogen and oxygen atoms in total. The molecule has 2 aromatic heterocycles. The number of carbonyl (C=O) groups excluding carboxylic acids is 1. The molecular formula is C25H27N5OS2. The van der Waals surface area contributed by atoms with Gasteiger partial charge in [0.05, 0.1) is 11.8 Å². The monoisotopic (exact) mass is 477 g/mol. The van der Waals surface area contributed by atoms with Crippen molar-refractivity contribution in [3.8, 4) is 11.4 Å². The Kier molecular flexibility index (Phi) is 6.85. The lowest BCUT2D eigenvalue weighted by atomic mass is 9.87. The van der Waals surface area contributed by atoms with E-state index in [9.17, 15) is 4.79 Å². The predicted octanol–water partition coefficient (Wildman–Crippen LogP) is 5.02. The van der Waals surface area contributed by atoms with Crippen molar-refractivity contribution >= 4 is 29.0 Å². The lowest BCUT2D eigenvalue weighted by Crippen LogP contribution is -2.30. The number of rotatable bonds is 7. The lowest BCUT2D eigenvalue weighted by Gasteiger charge is -2.19. The number of hydrogen-bond donors (Lipinski definition) is 2. The lowest BCUT2D eigenvalue weighted by molar-refractivity contribution is -0.119. The SMILES string of the molecule is CC(C)(C)c1ccc(-c2nnc(SCC(=O)NC(c3ccccc3)c3cccs3)n2N)cc1. The number of aromatic nitrogens is 3. The molecular weight excluding hydrogens is 450 g/mol. The number of amides is 1. The summed E-state index contributed by atoms with van der Waals surface area (Å²) in [5.74, 6) is 6.92. The van der Waals surface area contributed by atoms with Gasteiger partial charge in [0, 0.05) is 10.4 Å². The fraction of sp³-hybridized carbons (Fsp3) is 0.240. The predicted molar refractivity (Wildman–Crippen MR) is 136 cm³/mol. The number of thiophene rings is 1. The zero-order valence-electron chi connectivity index (χ0n) is 18.9. The Morgan fingerprint density at radius 1 is 1.06 bits per heavy atom. The zero-order valence-corrected chi connectivity index (χ0v) is 20.5. The van der Waals surface area contributed by atoms with E-state index in [2.05, 4.69) is 48.4 Å². The van der Waals surface area contributed by atoms with Crippen LogP contribution in [0.5, 0.6) is 0 Å². The Bertz CT molecular complexity index is 1200. The highest BCUT2D eigenvalue weighted by Crippen LogP contribution is 2.28. The van der Waals surface area contributed by atoms with E-state index in [0.29, 0.717) is 11.0 Å². The highest BCUT2D eigenvalue weighted by Gasteiger charge is 2.20. The minimum atomic E-state index is -0.188. The number of hydrogen-bond acceptors (Lipinski definition) is 6. The van der Waals surface area contributed by atoms with Gasteiger partial charge in [0.25, 0.3) is 0 Å². The van der Waals surface area contributed by atoms with Gasteiger partial charge in [0.1, 0.15) is 0 Å². The van der Waals surface area contributed by atoms with Crippen molar-refractivity contribution < 1.29 is 4.79 Å². The molecule has 2 heterocycles. The van der Waals surface area contributed by atoms with E-state index in [-0.39, 0.29) is 23.1 Å². The maximum atomic E-state index is 12.8. The molecule has 0 aliphatic heterocycles. The topological polar surface area (TPSA) is 85.8 Å². The smallest absolute Gasteiger partial charge is 0.231 e. The van der Waals surface area contributed by atoms with Crippen LogP contribution in [0.15, 0.2) is 77.3 Å². The molecule has 0 aliphatic rings. The molecule has 170 valence electrons. The van der Waals surface area contributed by atoms with Crippen molar-refractivity contribution in [1.82, 2.24) is 20.2 Å². The molecule has 1 atom stereocenters. The van der Waals surface area contributed by atoms with Crippen LogP contribution in [0.4, 0.5) is 0 Å². The van der Waals surface area contributed by atoms with E-state index >= 15 is 0 Å². The Labute approximate surface area is 202 Å². The van der Waals surface area contributed by atoms with Gasteiger partial charge in [0.15, 0.2) is 5.82 Å². The van der Waals surface area contributed by atoms with Crippen molar-refractivity contribution in [2.45, 2.75) is 37.4 Å². The first-order valence-electron chi connectivity index (χ1n) is 10.6. The van der Waals surface area contributed by atoms with Gasteiger partial charge in [-0.25, -0.2) is 4.68 Å². The first-order chi connectivity index (χ1) is 15.8.